The molecule has 1 aromatic heterocycles. The minimum absolute atomic E-state index is 0.0290. The van der Waals surface area contributed by atoms with Crippen molar-refractivity contribution < 1.29 is 22.7 Å². The maximum atomic E-state index is 13.6. The number of benzene rings is 1. The van der Waals surface area contributed by atoms with Gasteiger partial charge in [0.25, 0.3) is 0 Å². The van der Waals surface area contributed by atoms with Gasteiger partial charge in [-0.05, 0) is 18.2 Å². The SMILES string of the molecule is O=C(O)c1ccc(F)c(S(=O)(=O)NCCc2cnc[nH]2)c1. The van der Waals surface area contributed by atoms with Crippen LogP contribution in [0, 0.1) is 5.82 Å². The van der Waals surface area contributed by atoms with Gasteiger partial charge in [-0.1, -0.05) is 0 Å². The average Bonchev–Trinajstić information content (AvgIpc) is 2.91. The lowest BCUT2D eigenvalue weighted by Gasteiger charge is -2.08. The zero-order valence-corrected chi connectivity index (χ0v) is 11.5. The highest BCUT2D eigenvalue weighted by Crippen LogP contribution is 2.16. The highest BCUT2D eigenvalue weighted by Gasteiger charge is 2.20. The van der Waals surface area contributed by atoms with Gasteiger partial charge in [-0.2, -0.15) is 0 Å². The number of rotatable bonds is 6. The lowest BCUT2D eigenvalue weighted by Crippen LogP contribution is -2.27. The monoisotopic (exact) mass is 313 g/mol. The summed E-state index contributed by atoms with van der Waals surface area (Å²) in [5, 5.41) is 8.82. The molecule has 0 saturated heterocycles. The molecule has 0 aliphatic rings. The number of nitrogens with zero attached hydrogens (tertiary/aromatic N) is 1. The van der Waals surface area contributed by atoms with Gasteiger partial charge in [0.1, 0.15) is 10.7 Å². The molecule has 2 rings (SSSR count). The zero-order chi connectivity index (χ0) is 15.5. The summed E-state index contributed by atoms with van der Waals surface area (Å²) in [6.07, 6.45) is 3.35. The van der Waals surface area contributed by atoms with Crippen molar-refractivity contribution in [3.63, 3.8) is 0 Å². The van der Waals surface area contributed by atoms with E-state index in [0.717, 1.165) is 23.9 Å². The highest BCUT2D eigenvalue weighted by molar-refractivity contribution is 7.89. The highest BCUT2D eigenvalue weighted by atomic mass is 32.2. The van der Waals surface area contributed by atoms with Crippen molar-refractivity contribution in [1.29, 1.82) is 0 Å². The Morgan fingerprint density at radius 2 is 2.19 bits per heavy atom. The summed E-state index contributed by atoms with van der Waals surface area (Å²) in [6.45, 7) is 0.0290. The Labute approximate surface area is 119 Å². The topological polar surface area (TPSA) is 112 Å². The molecule has 0 bridgehead atoms. The van der Waals surface area contributed by atoms with Crippen molar-refractivity contribution in [2.45, 2.75) is 11.3 Å². The molecule has 0 amide bonds. The van der Waals surface area contributed by atoms with E-state index in [9.17, 15) is 17.6 Å². The Hall–Kier alpha value is -2.26. The van der Waals surface area contributed by atoms with Gasteiger partial charge in [0.2, 0.25) is 10.0 Å². The quantitative estimate of drug-likeness (QED) is 0.729. The van der Waals surface area contributed by atoms with Crippen LogP contribution in [0.3, 0.4) is 0 Å². The van der Waals surface area contributed by atoms with Crippen LogP contribution in [0.1, 0.15) is 16.1 Å². The fourth-order valence-corrected chi connectivity index (χ4v) is 2.79. The van der Waals surface area contributed by atoms with Crippen LogP contribution in [-0.4, -0.2) is 36.0 Å². The Morgan fingerprint density at radius 1 is 1.43 bits per heavy atom. The average molecular weight is 313 g/mol. The number of hydrogen-bond acceptors (Lipinski definition) is 4. The number of hydrogen-bond donors (Lipinski definition) is 3. The molecule has 1 heterocycles. The van der Waals surface area contributed by atoms with Crippen LogP contribution in [0.15, 0.2) is 35.6 Å². The maximum absolute atomic E-state index is 13.6. The van der Waals surface area contributed by atoms with Crippen LogP contribution >= 0.6 is 0 Å². The van der Waals surface area contributed by atoms with Gasteiger partial charge < -0.3 is 10.1 Å². The number of aromatic amines is 1. The molecule has 2 aromatic rings. The van der Waals surface area contributed by atoms with Gasteiger partial charge in [0.05, 0.1) is 11.9 Å². The zero-order valence-electron chi connectivity index (χ0n) is 10.7. The maximum Gasteiger partial charge on any atom is 0.335 e. The molecule has 3 N–H and O–H groups in total. The largest absolute Gasteiger partial charge is 0.478 e. The number of H-pyrrole nitrogens is 1. The first kappa shape index (κ1) is 15.1. The van der Waals surface area contributed by atoms with Crippen LogP contribution < -0.4 is 4.72 Å². The molecule has 0 fully saturated rings. The smallest absolute Gasteiger partial charge is 0.335 e. The van der Waals surface area contributed by atoms with E-state index in [1.54, 1.807) is 6.20 Å². The molecule has 0 radical (unpaired) electrons. The van der Waals surface area contributed by atoms with Crippen LogP contribution in [0.25, 0.3) is 0 Å². The fourth-order valence-electron chi connectivity index (χ4n) is 1.66. The molecular formula is C12H12FN3O4S. The predicted molar refractivity (Wildman–Crippen MR) is 70.8 cm³/mol. The van der Waals surface area contributed by atoms with Crippen molar-refractivity contribution in [3.05, 3.63) is 47.8 Å². The second-order valence-corrected chi connectivity index (χ2v) is 5.91. The van der Waals surface area contributed by atoms with E-state index in [0.29, 0.717) is 6.42 Å². The minimum Gasteiger partial charge on any atom is -0.478 e. The van der Waals surface area contributed by atoms with Crippen LogP contribution in [-0.2, 0) is 16.4 Å². The second-order valence-electron chi connectivity index (χ2n) is 4.17. The van der Waals surface area contributed by atoms with Crippen LogP contribution in [0.2, 0.25) is 0 Å². The van der Waals surface area contributed by atoms with Gasteiger partial charge in [-0.25, -0.2) is 27.3 Å². The molecule has 0 spiro atoms. The first-order valence-corrected chi connectivity index (χ1v) is 7.38. The number of carboxylic acid groups (broad SMARTS) is 1. The molecule has 0 saturated carbocycles. The lowest BCUT2D eigenvalue weighted by molar-refractivity contribution is 0.0696. The molecule has 0 unspecified atom stereocenters. The number of carboxylic acids is 1. The number of halogens is 1. The molecular weight excluding hydrogens is 301 g/mol. The summed E-state index contributed by atoms with van der Waals surface area (Å²) < 4.78 is 39.8. The number of aromatic carboxylic acids is 1. The van der Waals surface area contributed by atoms with Gasteiger partial charge >= 0.3 is 5.97 Å². The summed E-state index contributed by atoms with van der Waals surface area (Å²) in [7, 11) is -4.12. The Balaban J connectivity index is 2.15. The summed E-state index contributed by atoms with van der Waals surface area (Å²) in [4.78, 5) is 16.7. The van der Waals surface area contributed by atoms with Crippen molar-refractivity contribution in [2.75, 3.05) is 6.54 Å². The Bertz CT molecular complexity index is 744. The van der Waals surface area contributed by atoms with E-state index >= 15 is 0 Å². The third-order valence-electron chi connectivity index (χ3n) is 2.71. The Kier molecular flexibility index (Phi) is 4.34. The van der Waals surface area contributed by atoms with Crippen molar-refractivity contribution in [1.82, 2.24) is 14.7 Å². The number of nitrogens with one attached hydrogen (secondary N) is 2. The van der Waals surface area contributed by atoms with Crippen LogP contribution in [0.5, 0.6) is 0 Å². The van der Waals surface area contributed by atoms with Crippen molar-refractivity contribution >= 4 is 16.0 Å². The molecule has 9 heteroatoms. The number of imidazole rings is 1. The second kappa shape index (κ2) is 6.02. The van der Waals surface area contributed by atoms with E-state index in [2.05, 4.69) is 14.7 Å². The van der Waals surface area contributed by atoms with Crippen LogP contribution in [0.4, 0.5) is 4.39 Å². The Morgan fingerprint density at radius 3 is 2.81 bits per heavy atom. The minimum atomic E-state index is -4.12. The first-order chi connectivity index (χ1) is 9.90. The standard InChI is InChI=1S/C12H12FN3O4S/c13-10-2-1-8(12(17)18)5-11(10)21(19,20)16-4-3-9-6-14-7-15-9/h1-2,5-7,16H,3-4H2,(H,14,15)(H,17,18). The van der Waals surface area contributed by atoms with Crippen molar-refractivity contribution in [3.8, 4) is 0 Å². The molecule has 0 aliphatic heterocycles. The van der Waals surface area contributed by atoms with Gasteiger partial charge in [0, 0.05) is 24.9 Å². The number of carbonyl (C=O) groups is 1. The summed E-state index contributed by atoms with van der Waals surface area (Å²) >= 11 is 0. The van der Waals surface area contributed by atoms with Gasteiger partial charge in [-0.3, -0.25) is 0 Å². The number of aromatic nitrogens is 2. The van der Waals surface area contributed by atoms with Crippen molar-refractivity contribution in [2.24, 2.45) is 0 Å². The molecule has 7 nitrogen and oxygen atoms in total. The predicted octanol–water partition coefficient (Wildman–Crippen LogP) is 0.768. The fraction of sp³-hybridized carbons (Fsp3) is 0.167. The summed E-state index contributed by atoms with van der Waals surface area (Å²) in [6, 6.07) is 2.60. The molecule has 112 valence electrons. The van der Waals surface area contributed by atoms with E-state index < -0.39 is 26.7 Å². The molecule has 1 aromatic carbocycles. The van der Waals surface area contributed by atoms with E-state index in [1.807, 2.05) is 0 Å². The molecule has 0 aliphatic carbocycles. The first-order valence-electron chi connectivity index (χ1n) is 5.90. The van der Waals surface area contributed by atoms with E-state index in [4.69, 9.17) is 5.11 Å². The number of sulfonamides is 1. The van der Waals surface area contributed by atoms with Gasteiger partial charge in [0.15, 0.2) is 0 Å². The van der Waals surface area contributed by atoms with E-state index in [1.165, 1.54) is 6.33 Å². The molecule has 0 atom stereocenters. The van der Waals surface area contributed by atoms with Gasteiger partial charge in [-0.15, -0.1) is 0 Å². The lowest BCUT2D eigenvalue weighted by atomic mass is 10.2. The molecule has 21 heavy (non-hydrogen) atoms. The summed E-state index contributed by atoms with van der Waals surface area (Å²) in [5.41, 5.74) is 0.419. The van der Waals surface area contributed by atoms with E-state index in [-0.39, 0.29) is 12.1 Å². The third-order valence-corrected chi connectivity index (χ3v) is 4.18. The summed E-state index contributed by atoms with van der Waals surface area (Å²) in [5.74, 6) is -2.34. The third kappa shape index (κ3) is 3.64. The normalized spacial score (nSPS) is 11.5.